The fourth-order valence-corrected chi connectivity index (χ4v) is 1.67. The topological polar surface area (TPSA) is 91.5 Å². The second kappa shape index (κ2) is 6.36. The predicted octanol–water partition coefficient (Wildman–Crippen LogP) is 1.42. The number of aromatic nitrogens is 1. The largest absolute Gasteiger partial charge is 0.491 e. The maximum atomic E-state index is 12.0. The van der Waals surface area contributed by atoms with E-state index in [0.717, 1.165) is 0 Å². The average molecular weight is 280 g/mol. The summed E-state index contributed by atoms with van der Waals surface area (Å²) in [7, 11) is 0. The van der Waals surface area contributed by atoms with Gasteiger partial charge in [-0.2, -0.15) is 0 Å². The van der Waals surface area contributed by atoms with Gasteiger partial charge >= 0.3 is 5.97 Å². The molecule has 0 aliphatic heterocycles. The van der Waals surface area contributed by atoms with Crippen molar-refractivity contribution in [2.24, 2.45) is 5.73 Å². The van der Waals surface area contributed by atoms with Crippen molar-refractivity contribution in [3.05, 3.63) is 23.5 Å². The molecule has 1 rings (SSSR count). The molecule has 0 saturated carbocycles. The molecule has 0 saturated heterocycles. The molecule has 1 amide bonds. The molecule has 0 aliphatic carbocycles. The SMILES string of the molecule is CCOC(=O)C(C)(C)c1cnc(C(N)=O)c(OCC)c1. The first-order valence-corrected chi connectivity index (χ1v) is 6.44. The summed E-state index contributed by atoms with van der Waals surface area (Å²) in [6, 6.07) is 1.60. The molecule has 110 valence electrons. The van der Waals surface area contributed by atoms with Gasteiger partial charge in [0.2, 0.25) is 0 Å². The lowest BCUT2D eigenvalue weighted by atomic mass is 9.85. The van der Waals surface area contributed by atoms with E-state index in [2.05, 4.69) is 4.98 Å². The number of pyridine rings is 1. The van der Waals surface area contributed by atoms with Crippen molar-refractivity contribution in [1.82, 2.24) is 4.98 Å². The van der Waals surface area contributed by atoms with E-state index in [1.807, 2.05) is 0 Å². The Hall–Kier alpha value is -2.11. The third kappa shape index (κ3) is 3.26. The van der Waals surface area contributed by atoms with Crippen molar-refractivity contribution in [2.75, 3.05) is 13.2 Å². The lowest BCUT2D eigenvalue weighted by molar-refractivity contribution is -0.148. The van der Waals surface area contributed by atoms with Gasteiger partial charge in [0.15, 0.2) is 11.4 Å². The summed E-state index contributed by atoms with van der Waals surface area (Å²) in [5, 5.41) is 0. The van der Waals surface area contributed by atoms with Crippen LogP contribution >= 0.6 is 0 Å². The van der Waals surface area contributed by atoms with Crippen LogP contribution in [-0.4, -0.2) is 30.1 Å². The van der Waals surface area contributed by atoms with E-state index in [4.69, 9.17) is 15.2 Å². The summed E-state index contributed by atoms with van der Waals surface area (Å²) in [5.41, 5.74) is 5.01. The number of ether oxygens (including phenoxy) is 2. The fourth-order valence-electron chi connectivity index (χ4n) is 1.67. The number of carbonyl (C=O) groups excluding carboxylic acids is 2. The summed E-state index contributed by atoms with van der Waals surface area (Å²) >= 11 is 0. The second-order valence-electron chi connectivity index (χ2n) is 4.71. The summed E-state index contributed by atoms with van der Waals surface area (Å²) in [4.78, 5) is 27.3. The van der Waals surface area contributed by atoms with Crippen LogP contribution in [0.25, 0.3) is 0 Å². The standard InChI is InChI=1S/C14H20N2O4/c1-5-19-10-7-9(8-16-11(10)12(15)17)14(3,4)13(18)20-6-2/h7-8H,5-6H2,1-4H3,(H2,15,17). The number of nitrogens with two attached hydrogens (primary N) is 1. The molecule has 6 nitrogen and oxygen atoms in total. The first-order chi connectivity index (χ1) is 9.34. The van der Waals surface area contributed by atoms with E-state index >= 15 is 0 Å². The molecule has 0 aliphatic rings. The Bertz CT molecular complexity index is 512. The van der Waals surface area contributed by atoms with Gasteiger partial charge in [0.25, 0.3) is 5.91 Å². The molecule has 1 heterocycles. The molecule has 0 aromatic carbocycles. The van der Waals surface area contributed by atoms with E-state index < -0.39 is 11.3 Å². The summed E-state index contributed by atoms with van der Waals surface area (Å²) < 4.78 is 10.4. The number of carbonyl (C=O) groups is 2. The van der Waals surface area contributed by atoms with Crippen LogP contribution in [0.2, 0.25) is 0 Å². The molecular weight excluding hydrogens is 260 g/mol. The molecule has 0 fully saturated rings. The highest BCUT2D eigenvalue weighted by molar-refractivity contribution is 5.94. The predicted molar refractivity (Wildman–Crippen MR) is 73.6 cm³/mol. The zero-order chi connectivity index (χ0) is 15.3. The first kappa shape index (κ1) is 15.9. The van der Waals surface area contributed by atoms with Crippen LogP contribution in [0, 0.1) is 0 Å². The van der Waals surface area contributed by atoms with Crippen LogP contribution in [0.3, 0.4) is 0 Å². The second-order valence-corrected chi connectivity index (χ2v) is 4.71. The Morgan fingerprint density at radius 2 is 1.95 bits per heavy atom. The van der Waals surface area contributed by atoms with Gasteiger partial charge < -0.3 is 15.2 Å². The number of primary amides is 1. The Morgan fingerprint density at radius 1 is 1.30 bits per heavy atom. The zero-order valence-electron chi connectivity index (χ0n) is 12.2. The minimum absolute atomic E-state index is 0.0512. The molecule has 0 bridgehead atoms. The van der Waals surface area contributed by atoms with Gasteiger partial charge in [-0.3, -0.25) is 9.59 Å². The molecule has 2 N–H and O–H groups in total. The van der Waals surface area contributed by atoms with Crippen LogP contribution < -0.4 is 10.5 Å². The first-order valence-electron chi connectivity index (χ1n) is 6.44. The lowest BCUT2D eigenvalue weighted by Crippen LogP contribution is -2.31. The van der Waals surface area contributed by atoms with E-state index in [9.17, 15) is 9.59 Å². The van der Waals surface area contributed by atoms with Crippen LogP contribution in [-0.2, 0) is 14.9 Å². The lowest BCUT2D eigenvalue weighted by Gasteiger charge is -2.23. The number of nitrogens with zero attached hydrogens (tertiary/aromatic N) is 1. The van der Waals surface area contributed by atoms with E-state index in [0.29, 0.717) is 18.8 Å². The van der Waals surface area contributed by atoms with Gasteiger partial charge in [0, 0.05) is 6.20 Å². The quantitative estimate of drug-likeness (QED) is 0.796. The molecular formula is C14H20N2O4. The fraction of sp³-hybridized carbons (Fsp3) is 0.500. The Morgan fingerprint density at radius 3 is 2.45 bits per heavy atom. The third-order valence-corrected chi connectivity index (χ3v) is 2.89. The summed E-state index contributed by atoms with van der Waals surface area (Å²) in [6.07, 6.45) is 1.44. The molecule has 0 atom stereocenters. The van der Waals surface area contributed by atoms with Gasteiger partial charge in [-0.05, 0) is 39.3 Å². The molecule has 0 unspecified atom stereocenters. The normalized spacial score (nSPS) is 11.0. The van der Waals surface area contributed by atoms with Crippen LogP contribution in [0.4, 0.5) is 0 Å². The van der Waals surface area contributed by atoms with Crippen molar-refractivity contribution in [2.45, 2.75) is 33.1 Å². The molecule has 0 spiro atoms. The maximum Gasteiger partial charge on any atom is 0.316 e. The number of amides is 1. The number of hydrogen-bond acceptors (Lipinski definition) is 5. The van der Waals surface area contributed by atoms with Crippen molar-refractivity contribution < 1.29 is 19.1 Å². The number of rotatable bonds is 6. The van der Waals surface area contributed by atoms with Gasteiger partial charge in [-0.15, -0.1) is 0 Å². The minimum atomic E-state index is -0.884. The summed E-state index contributed by atoms with van der Waals surface area (Å²) in [5.74, 6) is -0.764. The molecule has 1 aromatic heterocycles. The molecule has 1 aromatic rings. The number of esters is 1. The van der Waals surface area contributed by atoms with Crippen molar-refractivity contribution in [1.29, 1.82) is 0 Å². The van der Waals surface area contributed by atoms with Gasteiger partial charge in [0.1, 0.15) is 0 Å². The van der Waals surface area contributed by atoms with Gasteiger partial charge in [-0.1, -0.05) is 0 Å². The van der Waals surface area contributed by atoms with Crippen LogP contribution in [0.1, 0.15) is 43.7 Å². The van der Waals surface area contributed by atoms with Crippen molar-refractivity contribution in [3.8, 4) is 5.75 Å². The maximum absolute atomic E-state index is 12.0. The van der Waals surface area contributed by atoms with Crippen molar-refractivity contribution in [3.63, 3.8) is 0 Å². The minimum Gasteiger partial charge on any atom is -0.491 e. The van der Waals surface area contributed by atoms with Crippen molar-refractivity contribution >= 4 is 11.9 Å². The highest BCUT2D eigenvalue weighted by Gasteiger charge is 2.32. The average Bonchev–Trinajstić information content (AvgIpc) is 2.39. The highest BCUT2D eigenvalue weighted by atomic mass is 16.5. The Balaban J connectivity index is 3.23. The third-order valence-electron chi connectivity index (χ3n) is 2.89. The monoisotopic (exact) mass is 280 g/mol. The smallest absolute Gasteiger partial charge is 0.316 e. The van der Waals surface area contributed by atoms with Gasteiger partial charge in [-0.25, -0.2) is 4.98 Å². The van der Waals surface area contributed by atoms with E-state index in [-0.39, 0.29) is 17.4 Å². The highest BCUT2D eigenvalue weighted by Crippen LogP contribution is 2.28. The van der Waals surface area contributed by atoms with Gasteiger partial charge in [0.05, 0.1) is 18.6 Å². The van der Waals surface area contributed by atoms with Crippen LogP contribution in [0.5, 0.6) is 5.75 Å². The Kier molecular flexibility index (Phi) is 5.07. The molecule has 20 heavy (non-hydrogen) atoms. The molecule has 6 heteroatoms. The number of hydrogen-bond donors (Lipinski definition) is 1. The molecule has 0 radical (unpaired) electrons. The van der Waals surface area contributed by atoms with Crippen LogP contribution in [0.15, 0.2) is 12.3 Å². The van der Waals surface area contributed by atoms with E-state index in [1.165, 1.54) is 6.20 Å². The zero-order valence-corrected chi connectivity index (χ0v) is 12.2. The Labute approximate surface area is 118 Å². The van der Waals surface area contributed by atoms with E-state index in [1.54, 1.807) is 33.8 Å². The summed E-state index contributed by atoms with van der Waals surface area (Å²) in [6.45, 7) is 7.64.